The average Bonchev–Trinajstić information content (AvgIpc) is 2.94. The number of hydrogen-bond acceptors (Lipinski definition) is 0. The Balaban J connectivity index is 0.00000113. The molecule has 0 amide bonds. The summed E-state index contributed by atoms with van der Waals surface area (Å²) in [6.07, 6.45) is 4.21. The van der Waals surface area contributed by atoms with Gasteiger partial charge < -0.3 is 42.9 Å². The molecule has 0 bridgehead atoms. The molecular formula is C21H30Br2N2. The van der Waals surface area contributed by atoms with E-state index in [2.05, 4.69) is 50.5 Å². The number of likely N-dealkylation sites (tertiary alicyclic amines) is 1. The molecule has 0 aliphatic carbocycles. The third-order valence-corrected chi connectivity index (χ3v) is 6.22. The molecule has 2 aromatic carbocycles. The Kier molecular flexibility index (Phi) is 6.75. The first-order valence-corrected chi connectivity index (χ1v) is 9.24. The van der Waals surface area contributed by atoms with Crippen LogP contribution in [0.15, 0.2) is 36.4 Å². The van der Waals surface area contributed by atoms with Gasteiger partial charge in [-0.05, 0) is 10.8 Å². The van der Waals surface area contributed by atoms with E-state index in [0.29, 0.717) is 0 Å². The Bertz CT molecular complexity index is 682. The molecule has 1 fully saturated rings. The van der Waals surface area contributed by atoms with Gasteiger partial charge in [-0.2, -0.15) is 0 Å². The predicted octanol–water partition coefficient (Wildman–Crippen LogP) is -2.06. The molecule has 2 aromatic rings. The Morgan fingerprint density at radius 2 is 1.28 bits per heavy atom. The molecule has 2 heterocycles. The molecule has 25 heavy (non-hydrogen) atoms. The third-order valence-electron chi connectivity index (χ3n) is 6.22. The zero-order valence-electron chi connectivity index (χ0n) is 15.5. The van der Waals surface area contributed by atoms with Crippen molar-refractivity contribution in [3.63, 3.8) is 0 Å². The minimum absolute atomic E-state index is 0. The molecule has 2 nitrogen and oxygen atoms in total. The molecule has 0 aromatic heterocycles. The second kappa shape index (κ2) is 8.08. The van der Waals surface area contributed by atoms with Gasteiger partial charge in [-0.15, -0.1) is 0 Å². The van der Waals surface area contributed by atoms with Gasteiger partial charge >= 0.3 is 0 Å². The van der Waals surface area contributed by atoms with E-state index in [1.165, 1.54) is 78.3 Å². The van der Waals surface area contributed by atoms with Gasteiger partial charge in [0.1, 0.15) is 13.1 Å². The molecule has 0 radical (unpaired) electrons. The zero-order chi connectivity index (χ0) is 15.9. The highest BCUT2D eigenvalue weighted by atomic mass is 79.9. The molecule has 0 spiro atoms. The van der Waals surface area contributed by atoms with Gasteiger partial charge in [-0.3, -0.25) is 0 Å². The van der Waals surface area contributed by atoms with Crippen LogP contribution >= 0.6 is 0 Å². The molecule has 0 atom stereocenters. The monoisotopic (exact) mass is 468 g/mol. The summed E-state index contributed by atoms with van der Waals surface area (Å²) in [4.78, 5) is 0. The van der Waals surface area contributed by atoms with Crippen molar-refractivity contribution in [2.24, 2.45) is 0 Å². The van der Waals surface area contributed by atoms with Crippen LogP contribution in [0.2, 0.25) is 0 Å². The first-order valence-electron chi connectivity index (χ1n) is 9.24. The van der Waals surface area contributed by atoms with Gasteiger partial charge in [0.25, 0.3) is 0 Å². The number of benzene rings is 2. The smallest absolute Gasteiger partial charge is 0.105 e. The molecule has 4 heteroatoms. The summed E-state index contributed by atoms with van der Waals surface area (Å²) < 4.78 is 2.49. The highest BCUT2D eigenvalue weighted by Crippen LogP contribution is 2.33. The topological polar surface area (TPSA) is 0 Å². The molecule has 1 saturated heterocycles. The lowest BCUT2D eigenvalue weighted by atomic mass is 9.94. The lowest BCUT2D eigenvalue weighted by Crippen LogP contribution is -3.00. The van der Waals surface area contributed by atoms with Crippen LogP contribution in [0, 0.1) is 0 Å². The van der Waals surface area contributed by atoms with Crippen molar-refractivity contribution in [1.82, 2.24) is 0 Å². The fraction of sp³-hybridized carbons (Fsp3) is 0.524. The fourth-order valence-electron chi connectivity index (χ4n) is 4.96. The SMILES string of the molecule is C[N+]1(CCC[N+]2(C)Cc3cccc4cccc(c34)C2)CCCC1.[Br-].[Br-]. The summed E-state index contributed by atoms with van der Waals surface area (Å²) in [6.45, 7) is 7.84. The van der Waals surface area contributed by atoms with Crippen LogP contribution in [-0.4, -0.2) is 49.2 Å². The molecule has 2 aliphatic heterocycles. The summed E-state index contributed by atoms with van der Waals surface area (Å²) in [6, 6.07) is 13.7. The van der Waals surface area contributed by atoms with E-state index in [4.69, 9.17) is 0 Å². The summed E-state index contributed by atoms with van der Waals surface area (Å²) in [5, 5.41) is 2.95. The van der Waals surface area contributed by atoms with Gasteiger partial charge in [-0.25, -0.2) is 0 Å². The lowest BCUT2D eigenvalue weighted by Gasteiger charge is -2.39. The third kappa shape index (κ3) is 4.29. The first-order chi connectivity index (χ1) is 11.1. The number of halogens is 2. The maximum Gasteiger partial charge on any atom is 0.105 e. The van der Waals surface area contributed by atoms with Gasteiger partial charge in [0.05, 0.1) is 40.3 Å². The summed E-state index contributed by atoms with van der Waals surface area (Å²) in [7, 11) is 4.91. The van der Waals surface area contributed by atoms with Crippen LogP contribution in [0.5, 0.6) is 0 Å². The van der Waals surface area contributed by atoms with Crippen LogP contribution in [0.25, 0.3) is 10.8 Å². The highest BCUT2D eigenvalue weighted by molar-refractivity contribution is 5.89. The van der Waals surface area contributed by atoms with Crippen LogP contribution in [0.4, 0.5) is 0 Å². The van der Waals surface area contributed by atoms with Crippen molar-refractivity contribution in [3.05, 3.63) is 47.5 Å². The van der Waals surface area contributed by atoms with E-state index in [9.17, 15) is 0 Å². The van der Waals surface area contributed by atoms with Crippen LogP contribution < -0.4 is 34.0 Å². The van der Waals surface area contributed by atoms with Crippen molar-refractivity contribution in [2.75, 3.05) is 40.3 Å². The van der Waals surface area contributed by atoms with E-state index in [0.717, 1.165) is 0 Å². The van der Waals surface area contributed by atoms with Crippen molar-refractivity contribution >= 4 is 10.8 Å². The van der Waals surface area contributed by atoms with Crippen LogP contribution in [0.3, 0.4) is 0 Å². The number of nitrogens with zero attached hydrogens (tertiary/aromatic N) is 2. The van der Waals surface area contributed by atoms with Crippen molar-refractivity contribution in [2.45, 2.75) is 32.4 Å². The number of quaternary nitrogens is 2. The molecule has 4 rings (SSSR count). The lowest BCUT2D eigenvalue weighted by molar-refractivity contribution is -0.943. The maximum absolute atomic E-state index is 2.46. The largest absolute Gasteiger partial charge is 1.00 e. The fourth-order valence-corrected chi connectivity index (χ4v) is 4.96. The molecular weight excluding hydrogens is 440 g/mol. The van der Waals surface area contributed by atoms with E-state index >= 15 is 0 Å². The summed E-state index contributed by atoms with van der Waals surface area (Å²) in [5.74, 6) is 0. The van der Waals surface area contributed by atoms with E-state index in [1.807, 2.05) is 0 Å². The number of rotatable bonds is 4. The average molecular weight is 470 g/mol. The van der Waals surface area contributed by atoms with Crippen molar-refractivity contribution in [1.29, 1.82) is 0 Å². The zero-order valence-corrected chi connectivity index (χ0v) is 18.7. The predicted molar refractivity (Wildman–Crippen MR) is 97.0 cm³/mol. The van der Waals surface area contributed by atoms with Gasteiger partial charge in [0.2, 0.25) is 0 Å². The van der Waals surface area contributed by atoms with Crippen molar-refractivity contribution < 1.29 is 42.9 Å². The normalized spacial score (nSPS) is 19.9. The summed E-state index contributed by atoms with van der Waals surface area (Å²) >= 11 is 0. The first kappa shape index (κ1) is 20.9. The molecule has 0 unspecified atom stereocenters. The van der Waals surface area contributed by atoms with E-state index < -0.39 is 0 Å². The molecule has 0 N–H and O–H groups in total. The second-order valence-corrected chi connectivity index (χ2v) is 8.44. The van der Waals surface area contributed by atoms with Crippen LogP contribution in [-0.2, 0) is 13.1 Å². The van der Waals surface area contributed by atoms with Gasteiger partial charge in [-0.1, -0.05) is 36.4 Å². The van der Waals surface area contributed by atoms with E-state index in [1.54, 1.807) is 11.1 Å². The highest BCUT2D eigenvalue weighted by Gasteiger charge is 2.32. The van der Waals surface area contributed by atoms with Gasteiger partial charge in [0, 0.05) is 30.4 Å². The Hall–Kier alpha value is -0.420. The second-order valence-electron chi connectivity index (χ2n) is 8.44. The molecule has 0 saturated carbocycles. The van der Waals surface area contributed by atoms with Gasteiger partial charge in [0.15, 0.2) is 0 Å². The minimum atomic E-state index is 0. The summed E-state index contributed by atoms with van der Waals surface area (Å²) in [5.41, 5.74) is 3.10. The molecule has 138 valence electrons. The van der Waals surface area contributed by atoms with Crippen molar-refractivity contribution in [3.8, 4) is 0 Å². The minimum Gasteiger partial charge on any atom is -1.00 e. The van der Waals surface area contributed by atoms with E-state index in [-0.39, 0.29) is 34.0 Å². The van der Waals surface area contributed by atoms with Crippen LogP contribution in [0.1, 0.15) is 30.4 Å². The number of hydrogen-bond donors (Lipinski definition) is 0. The Labute approximate surface area is 173 Å². The quantitative estimate of drug-likeness (QED) is 0.452. The maximum atomic E-state index is 2.46. The molecule has 2 aliphatic rings. The Morgan fingerprint density at radius 1 is 0.760 bits per heavy atom. The Morgan fingerprint density at radius 3 is 1.84 bits per heavy atom. The standard InChI is InChI=1S/C21H30N2.2BrH/c1-22(12-3-4-13-22)14-7-15-23(2)16-19-10-5-8-18-9-6-11-20(17-23)21(18)19;;/h5-6,8-11H,3-4,7,12-17H2,1-2H3;2*1H/q+2;;/p-2.